The van der Waals surface area contributed by atoms with Crippen LogP contribution in [0.25, 0.3) is 0 Å². The lowest BCUT2D eigenvalue weighted by atomic mass is 10.1. The molecule has 4 nitrogen and oxygen atoms in total. The number of halogens is 1. The maximum absolute atomic E-state index is 12.3. The molecular formula is C21H27ClN2O2. The summed E-state index contributed by atoms with van der Waals surface area (Å²) in [6.45, 7) is 4.59. The van der Waals surface area contributed by atoms with Crippen molar-refractivity contribution in [1.82, 2.24) is 0 Å². The number of ether oxygens (including phenoxy) is 1. The molecule has 0 aliphatic heterocycles. The van der Waals surface area contributed by atoms with Gasteiger partial charge in [0, 0.05) is 17.6 Å². The molecule has 0 aromatic heterocycles. The number of anilines is 1. The van der Waals surface area contributed by atoms with Gasteiger partial charge in [-0.1, -0.05) is 29.8 Å². The molecule has 0 heterocycles. The van der Waals surface area contributed by atoms with Crippen LogP contribution in [0.15, 0.2) is 42.5 Å². The number of hydrogen-bond donors (Lipinski definition) is 2. The van der Waals surface area contributed by atoms with E-state index in [1.54, 1.807) is 0 Å². The summed E-state index contributed by atoms with van der Waals surface area (Å²) in [5, 5.41) is 3.03. The van der Waals surface area contributed by atoms with Gasteiger partial charge in [-0.05, 0) is 62.4 Å². The van der Waals surface area contributed by atoms with Gasteiger partial charge in [-0.2, -0.15) is 0 Å². The van der Waals surface area contributed by atoms with Gasteiger partial charge in [-0.15, -0.1) is 12.4 Å². The van der Waals surface area contributed by atoms with E-state index in [9.17, 15) is 4.79 Å². The summed E-state index contributed by atoms with van der Waals surface area (Å²) in [7, 11) is 0. The summed E-state index contributed by atoms with van der Waals surface area (Å²) in [5.41, 5.74) is 10.1. The summed E-state index contributed by atoms with van der Waals surface area (Å²) in [6, 6.07) is 14.2. The van der Waals surface area contributed by atoms with Crippen molar-refractivity contribution in [3.05, 3.63) is 59.2 Å². The average Bonchev–Trinajstić information content (AvgIpc) is 3.02. The van der Waals surface area contributed by atoms with Crippen molar-refractivity contribution >= 4 is 24.0 Å². The first-order chi connectivity index (χ1) is 12.0. The van der Waals surface area contributed by atoms with Gasteiger partial charge in [0.25, 0.3) is 0 Å². The number of amides is 1. The minimum absolute atomic E-state index is 0. The lowest BCUT2D eigenvalue weighted by Gasteiger charge is -2.14. The minimum Gasteiger partial charge on any atom is -0.489 e. The molecule has 2 aromatic rings. The number of nitrogens with one attached hydrogen (secondary N) is 1. The van der Waals surface area contributed by atoms with Crippen LogP contribution in [0.4, 0.5) is 5.69 Å². The minimum atomic E-state index is 0. The first-order valence-corrected chi connectivity index (χ1v) is 8.86. The molecule has 0 saturated heterocycles. The lowest BCUT2D eigenvalue weighted by Crippen LogP contribution is -2.23. The van der Waals surface area contributed by atoms with E-state index in [1.165, 1.54) is 5.56 Å². The van der Waals surface area contributed by atoms with Crippen molar-refractivity contribution in [2.75, 3.05) is 5.32 Å². The standard InChI is InChI=1S/C21H26N2O2.ClH/c1-14-4-3-5-16(10-14)13-25-19-8-9-20(15(2)11-19)23-21(24)17-6-7-18(22)12-17;/h3-5,8-11,17-18H,6-7,12-13,22H2,1-2H3,(H,23,24);1H. The highest BCUT2D eigenvalue weighted by molar-refractivity contribution is 5.93. The molecule has 2 unspecified atom stereocenters. The molecule has 3 rings (SSSR count). The summed E-state index contributed by atoms with van der Waals surface area (Å²) in [6.07, 6.45) is 2.59. The third-order valence-corrected chi connectivity index (χ3v) is 4.79. The molecule has 0 radical (unpaired) electrons. The Kier molecular flexibility index (Phi) is 7.06. The van der Waals surface area contributed by atoms with E-state index in [0.717, 1.165) is 41.8 Å². The fraction of sp³-hybridized carbons (Fsp3) is 0.381. The zero-order valence-electron chi connectivity index (χ0n) is 15.3. The van der Waals surface area contributed by atoms with Crippen LogP contribution in [-0.4, -0.2) is 11.9 Å². The van der Waals surface area contributed by atoms with Gasteiger partial charge in [0.2, 0.25) is 5.91 Å². The molecule has 0 bridgehead atoms. The molecule has 2 atom stereocenters. The van der Waals surface area contributed by atoms with Crippen molar-refractivity contribution < 1.29 is 9.53 Å². The van der Waals surface area contributed by atoms with E-state index in [2.05, 4.69) is 30.4 Å². The van der Waals surface area contributed by atoms with Crippen molar-refractivity contribution in [1.29, 1.82) is 0 Å². The van der Waals surface area contributed by atoms with E-state index in [1.807, 2.05) is 31.2 Å². The third-order valence-electron chi connectivity index (χ3n) is 4.79. The van der Waals surface area contributed by atoms with Crippen LogP contribution in [0.5, 0.6) is 5.75 Å². The number of benzene rings is 2. The van der Waals surface area contributed by atoms with Gasteiger partial charge in [0.05, 0.1) is 0 Å². The Morgan fingerprint density at radius 3 is 2.65 bits per heavy atom. The molecule has 2 aromatic carbocycles. The van der Waals surface area contributed by atoms with Crippen molar-refractivity contribution in [3.8, 4) is 5.75 Å². The first-order valence-electron chi connectivity index (χ1n) is 8.86. The summed E-state index contributed by atoms with van der Waals surface area (Å²) in [5.74, 6) is 0.913. The normalized spacial score (nSPS) is 18.9. The van der Waals surface area contributed by atoms with Crippen LogP contribution in [0.3, 0.4) is 0 Å². The maximum atomic E-state index is 12.3. The molecule has 1 aliphatic rings. The topological polar surface area (TPSA) is 64.3 Å². The van der Waals surface area contributed by atoms with E-state index >= 15 is 0 Å². The molecule has 1 amide bonds. The van der Waals surface area contributed by atoms with Crippen LogP contribution in [0, 0.1) is 19.8 Å². The highest BCUT2D eigenvalue weighted by atomic mass is 35.5. The Bertz CT molecular complexity index is 763. The van der Waals surface area contributed by atoms with Crippen LogP contribution in [-0.2, 0) is 11.4 Å². The summed E-state index contributed by atoms with van der Waals surface area (Å²) >= 11 is 0. The van der Waals surface area contributed by atoms with E-state index in [-0.39, 0.29) is 30.3 Å². The predicted molar refractivity (Wildman–Crippen MR) is 108 cm³/mol. The van der Waals surface area contributed by atoms with E-state index in [0.29, 0.717) is 6.61 Å². The molecule has 26 heavy (non-hydrogen) atoms. The zero-order valence-corrected chi connectivity index (χ0v) is 16.1. The molecule has 3 N–H and O–H groups in total. The number of rotatable bonds is 5. The van der Waals surface area contributed by atoms with Gasteiger partial charge in [-0.3, -0.25) is 4.79 Å². The number of hydrogen-bond acceptors (Lipinski definition) is 3. The fourth-order valence-electron chi connectivity index (χ4n) is 3.32. The van der Waals surface area contributed by atoms with E-state index in [4.69, 9.17) is 10.5 Å². The maximum Gasteiger partial charge on any atom is 0.227 e. The number of nitrogens with two attached hydrogens (primary N) is 1. The van der Waals surface area contributed by atoms with Crippen molar-refractivity contribution in [2.45, 2.75) is 45.8 Å². The monoisotopic (exact) mass is 374 g/mol. The Morgan fingerprint density at radius 2 is 2.00 bits per heavy atom. The molecule has 1 saturated carbocycles. The molecule has 0 spiro atoms. The quantitative estimate of drug-likeness (QED) is 0.816. The van der Waals surface area contributed by atoms with Crippen molar-refractivity contribution in [2.24, 2.45) is 11.7 Å². The second kappa shape index (κ2) is 9.06. The predicted octanol–water partition coefficient (Wildman–Crippen LogP) is 4.37. The third kappa shape index (κ3) is 5.23. The largest absolute Gasteiger partial charge is 0.489 e. The molecule has 1 aliphatic carbocycles. The van der Waals surface area contributed by atoms with Crippen molar-refractivity contribution in [3.63, 3.8) is 0 Å². The van der Waals surface area contributed by atoms with Gasteiger partial charge in [-0.25, -0.2) is 0 Å². The first kappa shape index (κ1) is 20.3. The second-order valence-corrected chi connectivity index (χ2v) is 7.01. The Labute approximate surface area is 161 Å². The van der Waals surface area contributed by atoms with Gasteiger partial charge >= 0.3 is 0 Å². The molecule has 1 fully saturated rings. The summed E-state index contributed by atoms with van der Waals surface area (Å²) < 4.78 is 5.87. The molecule has 5 heteroatoms. The Hall–Kier alpha value is -2.04. The smallest absolute Gasteiger partial charge is 0.227 e. The fourth-order valence-corrected chi connectivity index (χ4v) is 3.32. The molecule has 140 valence electrons. The number of carbonyl (C=O) groups excluding carboxylic acids is 1. The van der Waals surface area contributed by atoms with E-state index < -0.39 is 0 Å². The lowest BCUT2D eigenvalue weighted by molar-refractivity contribution is -0.119. The molecular weight excluding hydrogens is 348 g/mol. The van der Waals surface area contributed by atoms with Crippen LogP contribution >= 0.6 is 12.4 Å². The summed E-state index contributed by atoms with van der Waals surface area (Å²) in [4.78, 5) is 12.3. The zero-order chi connectivity index (χ0) is 17.8. The Balaban J connectivity index is 0.00000243. The van der Waals surface area contributed by atoms with Crippen LogP contribution < -0.4 is 15.8 Å². The average molecular weight is 375 g/mol. The highest BCUT2D eigenvalue weighted by Crippen LogP contribution is 2.27. The van der Waals surface area contributed by atoms with Crippen LogP contribution in [0.1, 0.15) is 36.0 Å². The SMILES string of the molecule is Cc1cccc(COc2ccc(NC(=O)C3CCC(N)C3)c(C)c2)c1.Cl. The number of aryl methyl sites for hydroxylation is 2. The highest BCUT2D eigenvalue weighted by Gasteiger charge is 2.27. The Morgan fingerprint density at radius 1 is 1.19 bits per heavy atom. The van der Waals surface area contributed by atoms with Gasteiger partial charge in [0.1, 0.15) is 12.4 Å². The van der Waals surface area contributed by atoms with Crippen LogP contribution in [0.2, 0.25) is 0 Å². The van der Waals surface area contributed by atoms with Gasteiger partial charge < -0.3 is 15.8 Å². The number of carbonyl (C=O) groups is 1. The van der Waals surface area contributed by atoms with Gasteiger partial charge in [0.15, 0.2) is 0 Å². The second-order valence-electron chi connectivity index (χ2n) is 7.01.